The third-order valence-electron chi connectivity index (χ3n) is 0.289. The van der Waals surface area contributed by atoms with Crippen LogP contribution in [0.25, 0.3) is 0 Å². The van der Waals surface area contributed by atoms with Gasteiger partial charge in [0.1, 0.15) is 0 Å². The van der Waals surface area contributed by atoms with Gasteiger partial charge in [0.25, 0.3) is 0 Å². The molecule has 0 aliphatic heterocycles. The van der Waals surface area contributed by atoms with Gasteiger partial charge >= 0.3 is 11.9 Å². The molecule has 0 aromatic rings. The summed E-state index contributed by atoms with van der Waals surface area (Å²) < 4.78 is 10.5. The van der Waals surface area contributed by atoms with Crippen molar-refractivity contribution in [3.63, 3.8) is 0 Å². The predicted octanol–water partition coefficient (Wildman–Crippen LogP) is 0.298. The molecule has 0 saturated carbocycles. The molecule has 0 aliphatic carbocycles. The van der Waals surface area contributed by atoms with Crippen LogP contribution in [-0.4, -0.2) is 28.8 Å². The second-order valence-electron chi connectivity index (χ2n) is 1.07. The Bertz CT molecular complexity index is 132. The number of carbonyl (C=O) groups is 2. The highest BCUT2D eigenvalue weighted by molar-refractivity contribution is 5.78. The van der Waals surface area contributed by atoms with E-state index in [4.69, 9.17) is 15.0 Å². The lowest BCUT2D eigenvalue weighted by molar-refractivity contribution is -0.138. The highest BCUT2D eigenvalue weighted by atomic mass is 19.1. The first-order valence-corrected chi connectivity index (χ1v) is 2.17. The molecule has 0 heterocycles. The first kappa shape index (κ1) is 11.4. The van der Waals surface area contributed by atoms with Gasteiger partial charge in [0.15, 0.2) is 6.67 Å². The molecule has 0 bridgehead atoms. The van der Waals surface area contributed by atoms with Gasteiger partial charge in [0.2, 0.25) is 0 Å². The summed E-state index contributed by atoms with van der Waals surface area (Å²) in [5, 5.41) is 15.0. The quantitative estimate of drug-likeness (QED) is 0.555. The lowest BCUT2D eigenvalue weighted by atomic mass is 10.7. The van der Waals surface area contributed by atoms with E-state index in [1.807, 2.05) is 0 Å². The van der Waals surface area contributed by atoms with E-state index in [9.17, 15) is 9.18 Å². The fourth-order valence-electron chi connectivity index (χ4n) is 0. The predicted molar refractivity (Wildman–Crippen MR) is 31.4 cm³/mol. The van der Waals surface area contributed by atoms with Gasteiger partial charge in [-0.3, -0.25) is 0 Å². The van der Waals surface area contributed by atoms with Crippen LogP contribution in [-0.2, 0) is 9.59 Å². The Morgan fingerprint density at radius 1 is 1.50 bits per heavy atom. The molecule has 0 aromatic carbocycles. The van der Waals surface area contributed by atoms with Crippen LogP contribution in [0.1, 0.15) is 0 Å². The van der Waals surface area contributed by atoms with Crippen molar-refractivity contribution in [1.82, 2.24) is 0 Å². The molecular weight excluding hydrogens is 143 g/mol. The standard InChI is InChI=1S/C3H4O2.C2H3FO2/c1-2-3(4)5;3-1-2(4)5/h2H,1H2,(H,4,5);1H2,(H,4,5). The van der Waals surface area contributed by atoms with E-state index in [0.29, 0.717) is 0 Å². The van der Waals surface area contributed by atoms with E-state index >= 15 is 0 Å². The molecule has 0 radical (unpaired) electrons. The van der Waals surface area contributed by atoms with E-state index in [1.165, 1.54) is 0 Å². The van der Waals surface area contributed by atoms with Gasteiger partial charge in [0, 0.05) is 6.08 Å². The van der Waals surface area contributed by atoms with Crippen molar-refractivity contribution in [3.05, 3.63) is 12.7 Å². The molecule has 0 atom stereocenters. The Morgan fingerprint density at radius 3 is 1.70 bits per heavy atom. The average molecular weight is 150 g/mol. The second kappa shape index (κ2) is 7.61. The molecule has 0 spiro atoms. The Balaban J connectivity index is 0. The molecule has 4 nitrogen and oxygen atoms in total. The number of carboxylic acid groups (broad SMARTS) is 2. The third kappa shape index (κ3) is 30.5. The van der Waals surface area contributed by atoms with E-state index in [2.05, 4.69) is 6.58 Å². The molecule has 0 amide bonds. The summed E-state index contributed by atoms with van der Waals surface area (Å²) in [6, 6.07) is 0. The van der Waals surface area contributed by atoms with Crippen LogP contribution in [0, 0.1) is 0 Å². The number of alkyl halides is 1. The summed E-state index contributed by atoms with van der Waals surface area (Å²) in [6.45, 7) is 1.68. The monoisotopic (exact) mass is 150 g/mol. The fourth-order valence-corrected chi connectivity index (χ4v) is 0. The van der Waals surface area contributed by atoms with Crippen LogP contribution in [0.15, 0.2) is 12.7 Å². The van der Waals surface area contributed by atoms with Crippen LogP contribution in [0.5, 0.6) is 0 Å². The minimum absolute atomic E-state index is 0.833. The summed E-state index contributed by atoms with van der Waals surface area (Å²) in [5.74, 6) is -2.39. The Hall–Kier alpha value is -1.39. The number of rotatable bonds is 2. The van der Waals surface area contributed by atoms with E-state index in [-0.39, 0.29) is 0 Å². The SMILES string of the molecule is C=CC(=O)O.O=C(O)CF. The highest BCUT2D eigenvalue weighted by Crippen LogP contribution is 1.60. The van der Waals surface area contributed by atoms with Crippen LogP contribution >= 0.6 is 0 Å². The van der Waals surface area contributed by atoms with Crippen LogP contribution in [0.4, 0.5) is 4.39 Å². The summed E-state index contributed by atoms with van der Waals surface area (Å²) in [5.41, 5.74) is 0. The van der Waals surface area contributed by atoms with Gasteiger partial charge in [-0.1, -0.05) is 6.58 Å². The van der Waals surface area contributed by atoms with Crippen molar-refractivity contribution in [3.8, 4) is 0 Å². The van der Waals surface area contributed by atoms with E-state index in [1.54, 1.807) is 0 Å². The van der Waals surface area contributed by atoms with Gasteiger partial charge < -0.3 is 10.2 Å². The molecule has 0 saturated heterocycles. The molecule has 0 aromatic heterocycles. The molecule has 0 fully saturated rings. The summed E-state index contributed by atoms with van der Waals surface area (Å²) in [4.78, 5) is 18.2. The molecule has 0 unspecified atom stereocenters. The molecule has 58 valence electrons. The van der Waals surface area contributed by atoms with Crippen molar-refractivity contribution in [2.24, 2.45) is 0 Å². The largest absolute Gasteiger partial charge is 0.479 e. The van der Waals surface area contributed by atoms with Gasteiger partial charge in [-0.25, -0.2) is 14.0 Å². The maximum Gasteiger partial charge on any atom is 0.335 e. The first-order chi connectivity index (χ1) is 4.54. The first-order valence-electron chi connectivity index (χ1n) is 2.17. The van der Waals surface area contributed by atoms with Crippen molar-refractivity contribution in [2.45, 2.75) is 0 Å². The molecular formula is C5H7FO4. The lowest BCUT2D eigenvalue weighted by Crippen LogP contribution is -1.93. The zero-order valence-corrected chi connectivity index (χ0v) is 5.08. The summed E-state index contributed by atoms with van der Waals surface area (Å²) in [6.07, 6.45) is 0.833. The second-order valence-corrected chi connectivity index (χ2v) is 1.07. The summed E-state index contributed by atoms with van der Waals surface area (Å²) in [7, 11) is 0. The minimum atomic E-state index is -1.41. The number of halogens is 1. The topological polar surface area (TPSA) is 74.6 Å². The van der Waals surface area contributed by atoms with Crippen molar-refractivity contribution in [2.75, 3.05) is 6.67 Å². The number of carboxylic acids is 2. The fraction of sp³-hybridized carbons (Fsp3) is 0.200. The van der Waals surface area contributed by atoms with Crippen LogP contribution in [0.2, 0.25) is 0 Å². The maximum absolute atomic E-state index is 10.5. The van der Waals surface area contributed by atoms with Crippen LogP contribution < -0.4 is 0 Å². The van der Waals surface area contributed by atoms with Crippen molar-refractivity contribution >= 4 is 11.9 Å². The Labute approximate surface area is 56.6 Å². The van der Waals surface area contributed by atoms with Crippen molar-refractivity contribution < 1.29 is 24.2 Å². The van der Waals surface area contributed by atoms with Gasteiger partial charge in [-0.15, -0.1) is 0 Å². The lowest BCUT2D eigenvalue weighted by Gasteiger charge is -1.69. The van der Waals surface area contributed by atoms with Crippen molar-refractivity contribution in [1.29, 1.82) is 0 Å². The Kier molecular flexibility index (Phi) is 8.68. The number of hydrogen-bond acceptors (Lipinski definition) is 2. The molecule has 0 aliphatic rings. The van der Waals surface area contributed by atoms with Gasteiger partial charge in [-0.2, -0.15) is 0 Å². The number of hydrogen-bond donors (Lipinski definition) is 2. The normalized spacial score (nSPS) is 6.90. The smallest absolute Gasteiger partial charge is 0.335 e. The molecule has 2 N–H and O–H groups in total. The third-order valence-corrected chi connectivity index (χ3v) is 0.289. The average Bonchev–Trinajstić information content (AvgIpc) is 1.89. The molecule has 5 heteroatoms. The highest BCUT2D eigenvalue weighted by Gasteiger charge is 1.85. The minimum Gasteiger partial charge on any atom is -0.479 e. The zero-order valence-electron chi connectivity index (χ0n) is 5.08. The van der Waals surface area contributed by atoms with E-state index in [0.717, 1.165) is 6.08 Å². The van der Waals surface area contributed by atoms with E-state index < -0.39 is 18.6 Å². The summed E-state index contributed by atoms with van der Waals surface area (Å²) >= 11 is 0. The number of aliphatic carboxylic acids is 2. The van der Waals surface area contributed by atoms with Crippen LogP contribution in [0.3, 0.4) is 0 Å². The molecule has 0 rings (SSSR count). The van der Waals surface area contributed by atoms with Gasteiger partial charge in [-0.05, 0) is 0 Å². The Morgan fingerprint density at radius 2 is 1.70 bits per heavy atom. The zero-order chi connectivity index (χ0) is 8.57. The van der Waals surface area contributed by atoms with Gasteiger partial charge in [0.05, 0.1) is 0 Å². The maximum atomic E-state index is 10.5. The molecule has 10 heavy (non-hydrogen) atoms.